The number of oxazole rings is 1. The number of amides is 1. The molecule has 0 unspecified atom stereocenters. The van der Waals surface area contributed by atoms with Crippen LogP contribution in [0.15, 0.2) is 77.2 Å². The molecule has 6 nitrogen and oxygen atoms in total. The van der Waals surface area contributed by atoms with E-state index in [1.807, 2.05) is 30.3 Å². The summed E-state index contributed by atoms with van der Waals surface area (Å²) in [6.45, 7) is 1.70. The summed E-state index contributed by atoms with van der Waals surface area (Å²) in [6, 6.07) is 22.1. The van der Waals surface area contributed by atoms with E-state index in [-0.39, 0.29) is 5.91 Å². The van der Waals surface area contributed by atoms with Crippen LogP contribution in [0.3, 0.4) is 0 Å². The number of hydrogen-bond acceptors (Lipinski definition) is 5. The number of fused-ring (bicyclic) bond motifs is 1. The molecule has 29 heavy (non-hydrogen) atoms. The van der Waals surface area contributed by atoms with Crippen molar-refractivity contribution in [3.8, 4) is 23.0 Å². The van der Waals surface area contributed by atoms with Gasteiger partial charge in [-0.15, -0.1) is 0 Å². The SMILES string of the molecule is COc1ccc(O[C@@H](C)C(=O)Nc2ccc3oc(-c4ccccc4)nc3c2)cc1. The molecule has 3 aromatic carbocycles. The Bertz CT molecular complexity index is 1120. The molecule has 1 atom stereocenters. The molecule has 0 saturated carbocycles. The molecular formula is C23H20N2O4. The van der Waals surface area contributed by atoms with Crippen molar-refractivity contribution in [2.75, 3.05) is 12.4 Å². The summed E-state index contributed by atoms with van der Waals surface area (Å²) in [5.41, 5.74) is 2.85. The van der Waals surface area contributed by atoms with Gasteiger partial charge in [-0.3, -0.25) is 4.79 Å². The van der Waals surface area contributed by atoms with Gasteiger partial charge < -0.3 is 19.2 Å². The molecule has 146 valence electrons. The first-order valence-corrected chi connectivity index (χ1v) is 9.20. The second-order valence-electron chi connectivity index (χ2n) is 6.49. The number of carbonyl (C=O) groups is 1. The molecule has 6 heteroatoms. The zero-order valence-corrected chi connectivity index (χ0v) is 16.1. The van der Waals surface area contributed by atoms with Gasteiger partial charge in [0.25, 0.3) is 5.91 Å². The Morgan fingerprint density at radius 2 is 1.72 bits per heavy atom. The topological polar surface area (TPSA) is 73.6 Å². The van der Waals surface area contributed by atoms with E-state index in [1.165, 1.54) is 0 Å². The summed E-state index contributed by atoms with van der Waals surface area (Å²) < 4.78 is 16.6. The Balaban J connectivity index is 1.45. The molecule has 0 spiro atoms. The quantitative estimate of drug-likeness (QED) is 0.508. The van der Waals surface area contributed by atoms with Crippen LogP contribution in [0.2, 0.25) is 0 Å². The van der Waals surface area contributed by atoms with Crippen molar-refractivity contribution in [3.63, 3.8) is 0 Å². The molecular weight excluding hydrogens is 368 g/mol. The zero-order valence-electron chi connectivity index (χ0n) is 16.1. The van der Waals surface area contributed by atoms with Gasteiger partial charge in [0.15, 0.2) is 11.7 Å². The number of carbonyl (C=O) groups excluding carboxylic acids is 1. The molecule has 0 saturated heterocycles. The number of methoxy groups -OCH3 is 1. The first-order valence-electron chi connectivity index (χ1n) is 9.20. The van der Waals surface area contributed by atoms with Crippen molar-refractivity contribution < 1.29 is 18.7 Å². The Morgan fingerprint density at radius 3 is 2.45 bits per heavy atom. The molecule has 0 bridgehead atoms. The molecule has 4 aromatic rings. The second-order valence-corrected chi connectivity index (χ2v) is 6.49. The van der Waals surface area contributed by atoms with E-state index in [9.17, 15) is 4.79 Å². The molecule has 0 aliphatic carbocycles. The lowest BCUT2D eigenvalue weighted by atomic mass is 10.2. The van der Waals surface area contributed by atoms with Gasteiger partial charge in [-0.1, -0.05) is 18.2 Å². The Labute approximate surface area is 168 Å². The number of nitrogens with one attached hydrogen (secondary N) is 1. The molecule has 0 aliphatic heterocycles. The monoisotopic (exact) mass is 388 g/mol. The molecule has 1 amide bonds. The third kappa shape index (κ3) is 4.21. The summed E-state index contributed by atoms with van der Waals surface area (Å²) in [5.74, 6) is 1.60. The lowest BCUT2D eigenvalue weighted by molar-refractivity contribution is -0.122. The fraction of sp³-hybridized carbons (Fsp3) is 0.130. The van der Waals surface area contributed by atoms with Gasteiger partial charge in [0.2, 0.25) is 5.89 Å². The van der Waals surface area contributed by atoms with Gasteiger partial charge in [-0.25, -0.2) is 4.98 Å². The van der Waals surface area contributed by atoms with Crippen LogP contribution >= 0.6 is 0 Å². The van der Waals surface area contributed by atoms with E-state index < -0.39 is 6.10 Å². The fourth-order valence-corrected chi connectivity index (χ4v) is 2.87. The van der Waals surface area contributed by atoms with Crippen LogP contribution in [-0.2, 0) is 4.79 Å². The third-order valence-corrected chi connectivity index (χ3v) is 4.42. The summed E-state index contributed by atoms with van der Waals surface area (Å²) in [5, 5.41) is 2.86. The van der Waals surface area contributed by atoms with Crippen LogP contribution in [0, 0.1) is 0 Å². The van der Waals surface area contributed by atoms with E-state index in [2.05, 4.69) is 10.3 Å². The summed E-state index contributed by atoms with van der Waals surface area (Å²) >= 11 is 0. The van der Waals surface area contributed by atoms with Crippen molar-refractivity contribution >= 4 is 22.7 Å². The maximum absolute atomic E-state index is 12.5. The highest BCUT2D eigenvalue weighted by Crippen LogP contribution is 2.26. The molecule has 1 aromatic heterocycles. The molecule has 0 radical (unpaired) electrons. The molecule has 0 fully saturated rings. The van der Waals surface area contributed by atoms with Crippen molar-refractivity contribution in [1.82, 2.24) is 4.98 Å². The van der Waals surface area contributed by atoms with Gasteiger partial charge in [0.05, 0.1) is 7.11 Å². The molecule has 1 N–H and O–H groups in total. The number of nitrogens with zero attached hydrogens (tertiary/aromatic N) is 1. The van der Waals surface area contributed by atoms with Crippen molar-refractivity contribution in [3.05, 3.63) is 72.8 Å². The number of ether oxygens (including phenoxy) is 2. The highest BCUT2D eigenvalue weighted by molar-refractivity contribution is 5.95. The number of aromatic nitrogens is 1. The predicted octanol–water partition coefficient (Wildman–Crippen LogP) is 4.91. The predicted molar refractivity (Wildman–Crippen MR) is 111 cm³/mol. The number of hydrogen-bond donors (Lipinski definition) is 1. The minimum atomic E-state index is -0.670. The smallest absolute Gasteiger partial charge is 0.265 e. The lowest BCUT2D eigenvalue weighted by Gasteiger charge is -2.15. The maximum Gasteiger partial charge on any atom is 0.265 e. The van der Waals surface area contributed by atoms with Crippen molar-refractivity contribution in [2.45, 2.75) is 13.0 Å². The van der Waals surface area contributed by atoms with Gasteiger partial charge in [0, 0.05) is 11.3 Å². The van der Waals surface area contributed by atoms with Crippen LogP contribution in [0.1, 0.15) is 6.92 Å². The van der Waals surface area contributed by atoms with E-state index in [1.54, 1.807) is 56.5 Å². The van der Waals surface area contributed by atoms with Crippen molar-refractivity contribution in [2.24, 2.45) is 0 Å². The van der Waals surface area contributed by atoms with Crippen LogP contribution in [-0.4, -0.2) is 24.1 Å². The summed E-state index contributed by atoms with van der Waals surface area (Å²) in [4.78, 5) is 17.0. The molecule has 0 aliphatic rings. The Morgan fingerprint density at radius 1 is 1.00 bits per heavy atom. The standard InChI is InChI=1S/C23H20N2O4/c1-15(28-19-11-9-18(27-2)10-12-19)22(26)24-17-8-13-21-20(14-17)25-23(29-21)16-6-4-3-5-7-16/h3-15H,1-2H3,(H,24,26)/t15-/m0/s1. The van der Waals surface area contributed by atoms with Crippen LogP contribution < -0.4 is 14.8 Å². The average Bonchev–Trinajstić information content (AvgIpc) is 3.18. The number of benzene rings is 3. The van der Waals surface area contributed by atoms with E-state index in [0.29, 0.717) is 28.4 Å². The molecule has 4 rings (SSSR count). The minimum absolute atomic E-state index is 0.257. The van der Waals surface area contributed by atoms with Crippen molar-refractivity contribution in [1.29, 1.82) is 0 Å². The second kappa shape index (κ2) is 8.06. The number of anilines is 1. The number of rotatable bonds is 6. The fourth-order valence-electron chi connectivity index (χ4n) is 2.87. The van der Waals surface area contributed by atoms with Gasteiger partial charge in [-0.2, -0.15) is 0 Å². The summed E-state index contributed by atoms with van der Waals surface area (Å²) in [6.07, 6.45) is -0.670. The van der Waals surface area contributed by atoms with Crippen LogP contribution in [0.25, 0.3) is 22.6 Å². The van der Waals surface area contributed by atoms with Crippen LogP contribution in [0.5, 0.6) is 11.5 Å². The lowest BCUT2D eigenvalue weighted by Crippen LogP contribution is -2.30. The Kier molecular flexibility index (Phi) is 5.16. The van der Waals surface area contributed by atoms with Gasteiger partial charge in [0.1, 0.15) is 17.0 Å². The molecule has 1 heterocycles. The minimum Gasteiger partial charge on any atom is -0.497 e. The summed E-state index contributed by atoms with van der Waals surface area (Å²) in [7, 11) is 1.60. The van der Waals surface area contributed by atoms with Gasteiger partial charge in [-0.05, 0) is 61.5 Å². The first kappa shape index (κ1) is 18.6. The van der Waals surface area contributed by atoms with E-state index >= 15 is 0 Å². The largest absolute Gasteiger partial charge is 0.497 e. The average molecular weight is 388 g/mol. The Hall–Kier alpha value is -3.80. The van der Waals surface area contributed by atoms with E-state index in [0.717, 1.165) is 11.3 Å². The van der Waals surface area contributed by atoms with E-state index in [4.69, 9.17) is 13.9 Å². The maximum atomic E-state index is 12.5. The highest BCUT2D eigenvalue weighted by atomic mass is 16.5. The van der Waals surface area contributed by atoms with Gasteiger partial charge >= 0.3 is 0 Å². The first-order chi connectivity index (χ1) is 14.1. The zero-order chi connectivity index (χ0) is 20.2. The third-order valence-electron chi connectivity index (χ3n) is 4.42. The normalized spacial score (nSPS) is 11.8. The van der Waals surface area contributed by atoms with Crippen LogP contribution in [0.4, 0.5) is 5.69 Å². The highest BCUT2D eigenvalue weighted by Gasteiger charge is 2.16.